The fraction of sp³-hybridized carbons (Fsp3) is 0.591. The van der Waals surface area contributed by atoms with Crippen molar-refractivity contribution in [3.8, 4) is 5.75 Å². The summed E-state index contributed by atoms with van der Waals surface area (Å²) in [6.07, 6.45) is 10.6. The van der Waals surface area contributed by atoms with Gasteiger partial charge in [0.2, 0.25) is 5.91 Å². The Morgan fingerprint density at radius 1 is 1.19 bits per heavy atom. The molecule has 1 aromatic carbocycles. The Hall–Kier alpha value is -2.01. The van der Waals surface area contributed by atoms with Crippen LogP contribution in [0.4, 0.5) is 0 Å². The third-order valence-corrected chi connectivity index (χ3v) is 5.75. The van der Waals surface area contributed by atoms with E-state index in [4.69, 9.17) is 0 Å². The number of carbonyl (C=O) groups excluding carboxylic acids is 1. The molecule has 2 heterocycles. The number of nitrogens with zero attached hydrogens (tertiary/aromatic N) is 1. The van der Waals surface area contributed by atoms with Gasteiger partial charge in [0.1, 0.15) is 5.75 Å². The Morgan fingerprint density at radius 3 is 2.70 bits per heavy atom. The lowest BCUT2D eigenvalue weighted by molar-refractivity contribution is -0.118. The Morgan fingerprint density at radius 2 is 1.93 bits per heavy atom. The molecule has 1 amide bonds. The van der Waals surface area contributed by atoms with Crippen LogP contribution in [-0.2, 0) is 4.79 Å². The number of amides is 1. The summed E-state index contributed by atoms with van der Waals surface area (Å²) in [7, 11) is 0. The van der Waals surface area contributed by atoms with Crippen LogP contribution in [0, 0.1) is 0 Å². The van der Waals surface area contributed by atoms with E-state index in [2.05, 4.69) is 21.4 Å². The highest BCUT2D eigenvalue weighted by molar-refractivity contribution is 5.85. The van der Waals surface area contributed by atoms with Crippen molar-refractivity contribution in [1.29, 1.82) is 0 Å². The Kier molecular flexibility index (Phi) is 7.16. The normalized spacial score (nSPS) is 16.0. The second-order valence-electron chi connectivity index (χ2n) is 7.84. The zero-order valence-electron chi connectivity index (χ0n) is 16.5. The number of hydrogen-bond acceptors (Lipinski definition) is 3. The number of piperidine rings is 1. The lowest BCUT2D eigenvalue weighted by Gasteiger charge is -2.32. The number of likely N-dealkylation sites (tertiary alicyclic amines) is 1. The van der Waals surface area contributed by atoms with Crippen LogP contribution in [0.3, 0.4) is 0 Å². The van der Waals surface area contributed by atoms with Gasteiger partial charge in [0.05, 0.1) is 0 Å². The van der Waals surface area contributed by atoms with E-state index < -0.39 is 0 Å². The Bertz CT molecular complexity index is 732. The van der Waals surface area contributed by atoms with Gasteiger partial charge in [-0.15, -0.1) is 0 Å². The van der Waals surface area contributed by atoms with Crippen molar-refractivity contribution < 1.29 is 9.90 Å². The average molecular weight is 372 g/mol. The smallest absolute Gasteiger partial charge is 0.216 e. The summed E-state index contributed by atoms with van der Waals surface area (Å²) in [5.41, 5.74) is 2.48. The van der Waals surface area contributed by atoms with E-state index in [0.29, 0.717) is 11.7 Å². The molecular weight excluding hydrogens is 338 g/mol. The lowest BCUT2D eigenvalue weighted by atomic mass is 9.89. The van der Waals surface area contributed by atoms with Crippen LogP contribution >= 0.6 is 0 Å². The first kappa shape index (κ1) is 19.7. The summed E-state index contributed by atoms with van der Waals surface area (Å²) in [6.45, 7) is 5.92. The standard InChI is InChI=1S/C22H33N3O2/c1-17(26)23-11-5-3-2-4-6-12-25-13-9-18(10-14-25)21-16-24-22-8-7-19(27)15-20(21)22/h7-8,15-16,18,24,27H,2-6,9-14H2,1H3,(H,23,26). The van der Waals surface area contributed by atoms with Crippen molar-refractivity contribution >= 4 is 16.8 Å². The number of aromatic hydroxyl groups is 1. The minimum atomic E-state index is 0.0721. The van der Waals surface area contributed by atoms with E-state index in [1.165, 1.54) is 69.1 Å². The molecule has 1 fully saturated rings. The van der Waals surface area contributed by atoms with Crippen LogP contribution in [0.15, 0.2) is 24.4 Å². The predicted octanol–water partition coefficient (Wildman–Crippen LogP) is 4.14. The largest absolute Gasteiger partial charge is 0.508 e. The molecule has 1 saturated heterocycles. The van der Waals surface area contributed by atoms with Crippen LogP contribution in [0.2, 0.25) is 0 Å². The highest BCUT2D eigenvalue weighted by Crippen LogP contribution is 2.34. The number of phenols is 1. The number of aromatic amines is 1. The van der Waals surface area contributed by atoms with E-state index in [-0.39, 0.29) is 5.91 Å². The molecule has 0 atom stereocenters. The van der Waals surface area contributed by atoms with Crippen molar-refractivity contribution in [3.05, 3.63) is 30.0 Å². The Labute approximate surface area is 162 Å². The minimum Gasteiger partial charge on any atom is -0.508 e. The van der Waals surface area contributed by atoms with Gasteiger partial charge in [0.25, 0.3) is 0 Å². The molecule has 3 N–H and O–H groups in total. The summed E-state index contributed by atoms with van der Waals surface area (Å²) < 4.78 is 0. The van der Waals surface area contributed by atoms with Crippen LogP contribution in [0.25, 0.3) is 10.9 Å². The zero-order valence-corrected chi connectivity index (χ0v) is 16.5. The molecule has 0 spiro atoms. The molecule has 1 aromatic heterocycles. The fourth-order valence-electron chi connectivity index (χ4n) is 4.19. The molecule has 0 aliphatic carbocycles. The summed E-state index contributed by atoms with van der Waals surface area (Å²) in [4.78, 5) is 16.7. The van der Waals surface area contributed by atoms with Gasteiger partial charge in [-0.05, 0) is 75.0 Å². The van der Waals surface area contributed by atoms with Gasteiger partial charge in [0, 0.05) is 30.6 Å². The summed E-state index contributed by atoms with van der Waals surface area (Å²) in [5.74, 6) is 1.01. The maximum Gasteiger partial charge on any atom is 0.216 e. The molecule has 148 valence electrons. The van der Waals surface area contributed by atoms with Crippen molar-refractivity contribution in [3.63, 3.8) is 0 Å². The number of carbonyl (C=O) groups is 1. The average Bonchev–Trinajstić information content (AvgIpc) is 3.07. The second kappa shape index (κ2) is 9.79. The van der Waals surface area contributed by atoms with Gasteiger partial charge in [-0.2, -0.15) is 0 Å². The molecule has 1 aliphatic heterocycles. The third kappa shape index (κ3) is 5.73. The molecule has 27 heavy (non-hydrogen) atoms. The fourth-order valence-corrected chi connectivity index (χ4v) is 4.19. The molecule has 5 nitrogen and oxygen atoms in total. The molecule has 1 aliphatic rings. The number of benzene rings is 1. The molecule has 0 bridgehead atoms. The number of hydrogen-bond donors (Lipinski definition) is 3. The summed E-state index contributed by atoms with van der Waals surface area (Å²) >= 11 is 0. The van der Waals surface area contributed by atoms with Crippen molar-refractivity contribution in [2.45, 2.75) is 57.8 Å². The Balaban J connectivity index is 1.33. The second-order valence-corrected chi connectivity index (χ2v) is 7.84. The number of unbranched alkanes of at least 4 members (excludes halogenated alkanes) is 4. The first-order valence-electron chi connectivity index (χ1n) is 10.4. The summed E-state index contributed by atoms with van der Waals surface area (Å²) in [6, 6.07) is 5.59. The molecule has 0 unspecified atom stereocenters. The van der Waals surface area contributed by atoms with Crippen LogP contribution in [0.1, 0.15) is 63.4 Å². The van der Waals surface area contributed by atoms with Crippen LogP contribution < -0.4 is 5.32 Å². The molecule has 3 rings (SSSR count). The highest BCUT2D eigenvalue weighted by Gasteiger charge is 2.22. The maximum atomic E-state index is 10.8. The van der Waals surface area contributed by atoms with Gasteiger partial charge in [0.15, 0.2) is 0 Å². The summed E-state index contributed by atoms with van der Waals surface area (Å²) in [5, 5.41) is 13.8. The van der Waals surface area contributed by atoms with Gasteiger partial charge in [-0.3, -0.25) is 4.79 Å². The lowest BCUT2D eigenvalue weighted by Crippen LogP contribution is -2.33. The topological polar surface area (TPSA) is 68.4 Å². The first-order chi connectivity index (χ1) is 13.1. The molecular formula is C22H33N3O2. The SMILES string of the molecule is CC(=O)NCCCCCCCN1CCC(c2c[nH]c3ccc(O)cc23)CC1. The van der Waals surface area contributed by atoms with Crippen LogP contribution in [0.5, 0.6) is 5.75 Å². The highest BCUT2D eigenvalue weighted by atomic mass is 16.3. The first-order valence-corrected chi connectivity index (χ1v) is 10.4. The minimum absolute atomic E-state index is 0.0721. The monoisotopic (exact) mass is 371 g/mol. The molecule has 2 aromatic rings. The maximum absolute atomic E-state index is 10.8. The predicted molar refractivity (Wildman–Crippen MR) is 110 cm³/mol. The number of phenolic OH excluding ortho intramolecular Hbond substituents is 1. The number of nitrogens with one attached hydrogen (secondary N) is 2. The van der Waals surface area contributed by atoms with Crippen LogP contribution in [-0.4, -0.2) is 47.1 Å². The number of rotatable bonds is 9. The number of fused-ring (bicyclic) bond motifs is 1. The third-order valence-electron chi connectivity index (χ3n) is 5.75. The molecule has 0 saturated carbocycles. The van der Waals surface area contributed by atoms with Gasteiger partial charge in [-0.1, -0.05) is 19.3 Å². The zero-order chi connectivity index (χ0) is 19.1. The van der Waals surface area contributed by atoms with E-state index in [1.807, 2.05) is 12.1 Å². The van der Waals surface area contributed by atoms with Crippen molar-refractivity contribution in [2.24, 2.45) is 0 Å². The van der Waals surface area contributed by atoms with E-state index in [0.717, 1.165) is 18.5 Å². The van der Waals surface area contributed by atoms with Gasteiger partial charge < -0.3 is 20.3 Å². The number of H-pyrrole nitrogens is 1. The number of aromatic nitrogens is 1. The van der Waals surface area contributed by atoms with E-state index in [9.17, 15) is 9.90 Å². The molecule has 5 heteroatoms. The quantitative estimate of drug-likeness (QED) is 0.580. The van der Waals surface area contributed by atoms with Gasteiger partial charge in [-0.25, -0.2) is 0 Å². The van der Waals surface area contributed by atoms with E-state index in [1.54, 1.807) is 13.0 Å². The van der Waals surface area contributed by atoms with Crippen molar-refractivity contribution in [1.82, 2.24) is 15.2 Å². The molecule has 0 radical (unpaired) electrons. The van der Waals surface area contributed by atoms with E-state index >= 15 is 0 Å². The van der Waals surface area contributed by atoms with Crippen molar-refractivity contribution in [2.75, 3.05) is 26.2 Å². The van der Waals surface area contributed by atoms with Gasteiger partial charge >= 0.3 is 0 Å².